The number of alkyl halides is 3. The molecule has 2 aliphatic heterocycles. The number of hydrogen-bond donors (Lipinski definition) is 0. The van der Waals surface area contributed by atoms with E-state index in [1.165, 1.54) is 0 Å². The average molecular weight is 496 g/mol. The molecule has 0 N–H and O–H groups in total. The first-order valence-corrected chi connectivity index (χ1v) is 12.5. The fourth-order valence-corrected chi connectivity index (χ4v) is 5.18. The predicted octanol–water partition coefficient (Wildman–Crippen LogP) is 2.95. The molecule has 0 radical (unpaired) electrons. The van der Waals surface area contributed by atoms with E-state index < -0.39 is 39.4 Å². The van der Waals surface area contributed by atoms with Gasteiger partial charge in [0.2, 0.25) is 5.91 Å². The fourth-order valence-electron chi connectivity index (χ4n) is 4.29. The normalized spacial score (nSPS) is 20.3. The van der Waals surface area contributed by atoms with Crippen molar-refractivity contribution in [2.24, 2.45) is 0 Å². The van der Waals surface area contributed by atoms with Gasteiger partial charge in [0, 0.05) is 31.9 Å². The number of halogens is 3. The smallest absolute Gasteiger partial charge is 0.369 e. The minimum Gasteiger partial charge on any atom is -0.369 e. The molecule has 0 aliphatic carbocycles. The zero-order valence-corrected chi connectivity index (χ0v) is 19.3. The largest absolute Gasteiger partial charge is 0.416 e. The second kappa shape index (κ2) is 9.03. The number of carbonyl (C=O) groups excluding carboxylic acids is 2. The third kappa shape index (κ3) is 4.67. The summed E-state index contributed by atoms with van der Waals surface area (Å²) in [6.07, 6.45) is -4.52. The quantitative estimate of drug-likeness (QED) is 0.594. The summed E-state index contributed by atoms with van der Waals surface area (Å²) in [4.78, 5) is 30.7. The lowest BCUT2D eigenvalue weighted by atomic mass is 10.1. The molecule has 0 aromatic heterocycles. The molecule has 2 fully saturated rings. The van der Waals surface area contributed by atoms with Crippen LogP contribution in [-0.2, 0) is 25.6 Å². The summed E-state index contributed by atoms with van der Waals surface area (Å²) in [5.74, 6) is -0.847. The van der Waals surface area contributed by atoms with Crippen LogP contribution in [0.5, 0.6) is 0 Å². The molecule has 2 aromatic rings. The zero-order chi connectivity index (χ0) is 24.7. The second-order valence-electron chi connectivity index (χ2n) is 8.25. The predicted molar refractivity (Wildman–Crippen MR) is 120 cm³/mol. The van der Waals surface area contributed by atoms with E-state index >= 15 is 0 Å². The number of piperazine rings is 1. The summed E-state index contributed by atoms with van der Waals surface area (Å²) in [5, 5.41) is 0. The van der Waals surface area contributed by atoms with Crippen molar-refractivity contribution in [2.75, 3.05) is 41.7 Å². The number of nitrogens with zero attached hydrogens (tertiary/aromatic N) is 3. The summed E-state index contributed by atoms with van der Waals surface area (Å²) in [6.45, 7) is 3.78. The molecule has 0 bridgehead atoms. The first-order valence-electron chi connectivity index (χ1n) is 10.9. The molecule has 2 aliphatic rings. The third-order valence-corrected chi connectivity index (χ3v) is 8.02. The van der Waals surface area contributed by atoms with Gasteiger partial charge in [-0.1, -0.05) is 6.92 Å². The molecule has 0 saturated carbocycles. The molecule has 34 heavy (non-hydrogen) atoms. The van der Waals surface area contributed by atoms with Crippen molar-refractivity contribution in [1.82, 2.24) is 4.90 Å². The van der Waals surface area contributed by atoms with Gasteiger partial charge in [0.05, 0.1) is 34.4 Å². The van der Waals surface area contributed by atoms with Gasteiger partial charge >= 0.3 is 6.18 Å². The summed E-state index contributed by atoms with van der Waals surface area (Å²) in [5.41, 5.74) is 0.157. The Kier molecular flexibility index (Phi) is 6.43. The van der Waals surface area contributed by atoms with Crippen LogP contribution < -0.4 is 9.80 Å². The molecule has 2 heterocycles. The number of carbonyl (C=O) groups is 2. The Bertz CT molecular complexity index is 1170. The molecule has 4 rings (SSSR count). The highest BCUT2D eigenvalue weighted by Crippen LogP contribution is 2.32. The van der Waals surface area contributed by atoms with Crippen molar-refractivity contribution in [3.63, 3.8) is 0 Å². The van der Waals surface area contributed by atoms with E-state index in [4.69, 9.17) is 0 Å². The number of rotatable bonds is 5. The summed E-state index contributed by atoms with van der Waals surface area (Å²) < 4.78 is 62.4. The molecule has 1 atom stereocenters. The van der Waals surface area contributed by atoms with Crippen LogP contribution in [0.3, 0.4) is 0 Å². The van der Waals surface area contributed by atoms with Crippen LogP contribution in [0.2, 0.25) is 0 Å². The Morgan fingerprint density at radius 3 is 1.97 bits per heavy atom. The Balaban J connectivity index is 1.40. The van der Waals surface area contributed by atoms with Gasteiger partial charge in [-0.05, 0) is 48.5 Å². The molecule has 2 amide bonds. The van der Waals surface area contributed by atoms with Gasteiger partial charge in [-0.25, -0.2) is 13.3 Å². The van der Waals surface area contributed by atoms with Crippen molar-refractivity contribution in [3.8, 4) is 0 Å². The molecule has 0 spiro atoms. The van der Waals surface area contributed by atoms with Gasteiger partial charge in [0.1, 0.15) is 0 Å². The van der Waals surface area contributed by atoms with Gasteiger partial charge in [0.25, 0.3) is 5.91 Å². The number of imide groups is 1. The van der Waals surface area contributed by atoms with Gasteiger partial charge in [-0.15, -0.1) is 0 Å². The maximum absolute atomic E-state index is 13.0. The van der Waals surface area contributed by atoms with Gasteiger partial charge < -0.3 is 4.90 Å². The van der Waals surface area contributed by atoms with Crippen molar-refractivity contribution in [2.45, 2.75) is 30.5 Å². The number of amides is 2. The van der Waals surface area contributed by atoms with Crippen molar-refractivity contribution >= 4 is 33.0 Å². The van der Waals surface area contributed by atoms with Gasteiger partial charge in [0.15, 0.2) is 9.84 Å². The number of anilines is 2. The lowest BCUT2D eigenvalue weighted by molar-refractivity contribution is -0.137. The Morgan fingerprint density at radius 1 is 0.882 bits per heavy atom. The van der Waals surface area contributed by atoms with Crippen LogP contribution in [-0.4, -0.2) is 63.1 Å². The van der Waals surface area contributed by atoms with E-state index in [0.717, 1.165) is 34.9 Å². The number of benzene rings is 2. The van der Waals surface area contributed by atoms with E-state index in [1.54, 1.807) is 31.2 Å². The standard InChI is InChI=1S/C23H24F3N3O4S/c1-2-34(32,33)19-9-7-17(8-10-19)27-11-13-28(14-12-27)20-15-21(30)29(22(20)31)18-5-3-16(4-6-18)23(24,25)26/h3-10,20H,2,11-15H2,1H3/t20-/m0/s1. The SMILES string of the molecule is CCS(=O)(=O)c1ccc(N2CCN([C@H]3CC(=O)N(c4ccc(C(F)(F)F)cc4)C3=O)CC2)cc1. The maximum Gasteiger partial charge on any atom is 0.416 e. The van der Waals surface area contributed by atoms with Crippen LogP contribution in [0.25, 0.3) is 0 Å². The van der Waals surface area contributed by atoms with Crippen LogP contribution in [0, 0.1) is 0 Å². The summed E-state index contributed by atoms with van der Waals surface area (Å²) in [6, 6.07) is 10.0. The van der Waals surface area contributed by atoms with E-state index in [-0.39, 0.29) is 22.8 Å². The maximum atomic E-state index is 13.0. The molecule has 0 unspecified atom stereocenters. The van der Waals surface area contributed by atoms with Crippen molar-refractivity contribution < 1.29 is 31.2 Å². The number of hydrogen-bond acceptors (Lipinski definition) is 6. The van der Waals surface area contributed by atoms with E-state index in [9.17, 15) is 31.2 Å². The van der Waals surface area contributed by atoms with Crippen LogP contribution in [0.4, 0.5) is 24.5 Å². The summed E-state index contributed by atoms with van der Waals surface area (Å²) in [7, 11) is -3.27. The molecule has 7 nitrogen and oxygen atoms in total. The van der Waals surface area contributed by atoms with Gasteiger partial charge in [-0.3, -0.25) is 14.5 Å². The minimum absolute atomic E-state index is 0.0244. The zero-order valence-electron chi connectivity index (χ0n) is 18.5. The molecular weight excluding hydrogens is 471 g/mol. The Hall–Kier alpha value is -2.92. The number of sulfone groups is 1. The highest BCUT2D eigenvalue weighted by molar-refractivity contribution is 7.91. The second-order valence-corrected chi connectivity index (χ2v) is 10.5. The van der Waals surface area contributed by atoms with Crippen LogP contribution >= 0.6 is 0 Å². The topological polar surface area (TPSA) is 78.0 Å². The molecule has 11 heteroatoms. The van der Waals surface area contributed by atoms with Crippen molar-refractivity contribution in [3.05, 3.63) is 54.1 Å². The molecule has 2 aromatic carbocycles. The fraction of sp³-hybridized carbons (Fsp3) is 0.391. The Morgan fingerprint density at radius 2 is 1.44 bits per heavy atom. The van der Waals surface area contributed by atoms with E-state index in [0.29, 0.717) is 26.2 Å². The van der Waals surface area contributed by atoms with Gasteiger partial charge in [-0.2, -0.15) is 13.2 Å². The van der Waals surface area contributed by atoms with Crippen LogP contribution in [0.15, 0.2) is 53.4 Å². The summed E-state index contributed by atoms with van der Waals surface area (Å²) >= 11 is 0. The average Bonchev–Trinajstić information content (AvgIpc) is 3.12. The Labute approximate surface area is 195 Å². The molecule has 2 saturated heterocycles. The monoisotopic (exact) mass is 495 g/mol. The third-order valence-electron chi connectivity index (χ3n) is 6.27. The highest BCUT2D eigenvalue weighted by atomic mass is 32.2. The minimum atomic E-state index is -4.50. The lowest BCUT2D eigenvalue weighted by Crippen LogP contribution is -2.52. The highest BCUT2D eigenvalue weighted by Gasteiger charge is 2.43. The van der Waals surface area contributed by atoms with E-state index in [1.807, 2.05) is 4.90 Å². The van der Waals surface area contributed by atoms with E-state index in [2.05, 4.69) is 4.90 Å². The first-order chi connectivity index (χ1) is 16.0. The van der Waals surface area contributed by atoms with Crippen molar-refractivity contribution in [1.29, 1.82) is 0 Å². The molecule has 182 valence electrons. The lowest BCUT2D eigenvalue weighted by Gasteiger charge is -2.38. The first kappa shape index (κ1) is 24.2. The van der Waals surface area contributed by atoms with Crippen LogP contribution in [0.1, 0.15) is 18.9 Å². The molecular formula is C23H24F3N3O4S.